The maximum absolute atomic E-state index is 13.5. The van der Waals surface area contributed by atoms with E-state index in [1.54, 1.807) is 6.07 Å². The molecule has 0 aliphatic carbocycles. The zero-order chi connectivity index (χ0) is 21.4. The number of benzene rings is 2. The predicted octanol–water partition coefficient (Wildman–Crippen LogP) is 2.38. The molecule has 0 radical (unpaired) electrons. The summed E-state index contributed by atoms with van der Waals surface area (Å²) < 4.78 is 19.3. The summed E-state index contributed by atoms with van der Waals surface area (Å²) in [6.07, 6.45) is 0.324. The highest BCUT2D eigenvalue weighted by Crippen LogP contribution is 2.14. The van der Waals surface area contributed by atoms with Gasteiger partial charge in [-0.1, -0.05) is 30.3 Å². The number of ether oxygens (including phenoxy) is 1. The first-order valence-corrected chi connectivity index (χ1v) is 10.0. The van der Waals surface area contributed by atoms with Crippen molar-refractivity contribution in [1.82, 2.24) is 10.6 Å². The zero-order valence-electron chi connectivity index (χ0n) is 16.1. The van der Waals surface area contributed by atoms with Crippen LogP contribution in [-0.2, 0) is 32.0 Å². The largest absolute Gasteiger partial charge is 0.467 e. The maximum Gasteiger partial charge on any atom is 0.328 e. The van der Waals surface area contributed by atoms with Crippen molar-refractivity contribution in [2.45, 2.75) is 31.8 Å². The van der Waals surface area contributed by atoms with E-state index >= 15 is 0 Å². The first kappa shape index (κ1) is 22.8. The Hall–Kier alpha value is -2.49. The van der Waals surface area contributed by atoms with Gasteiger partial charge < -0.3 is 15.4 Å². The Kier molecular flexibility index (Phi) is 8.56. The number of hydrogen-bond acceptors (Lipinski definition) is 4. The van der Waals surface area contributed by atoms with Crippen LogP contribution in [0.2, 0.25) is 0 Å². The van der Waals surface area contributed by atoms with Crippen LogP contribution >= 0.6 is 22.6 Å². The molecular weight excluding hydrogens is 490 g/mol. The van der Waals surface area contributed by atoms with Crippen LogP contribution in [0.15, 0.2) is 48.5 Å². The Balaban J connectivity index is 2.19. The lowest BCUT2D eigenvalue weighted by Gasteiger charge is -2.22. The van der Waals surface area contributed by atoms with E-state index in [0.29, 0.717) is 5.56 Å². The summed E-state index contributed by atoms with van der Waals surface area (Å²) in [7, 11) is 1.25. The van der Waals surface area contributed by atoms with Gasteiger partial charge in [0.15, 0.2) is 0 Å². The summed E-state index contributed by atoms with van der Waals surface area (Å²) in [5.41, 5.74) is 1.43. The first-order valence-electron chi connectivity index (χ1n) is 8.93. The van der Waals surface area contributed by atoms with E-state index < -0.39 is 35.7 Å². The Labute approximate surface area is 182 Å². The molecule has 0 saturated carbocycles. The fraction of sp³-hybridized carbons (Fsp3) is 0.286. The van der Waals surface area contributed by atoms with Gasteiger partial charge in [0, 0.05) is 23.3 Å². The van der Waals surface area contributed by atoms with Crippen molar-refractivity contribution in [3.05, 3.63) is 69.0 Å². The summed E-state index contributed by atoms with van der Waals surface area (Å²) >= 11 is 2.15. The number of halogens is 2. The molecule has 2 atom stereocenters. The molecule has 0 aliphatic heterocycles. The van der Waals surface area contributed by atoms with Gasteiger partial charge in [0.25, 0.3) is 0 Å². The molecule has 2 rings (SSSR count). The van der Waals surface area contributed by atoms with Gasteiger partial charge in [-0.25, -0.2) is 9.18 Å². The SMILES string of the molecule is COC(=O)[C@H](Cc1ccccc1I)NC(=O)[C@H](Cc1cccc(F)c1)NC(C)=O. The number of carbonyl (C=O) groups excluding carboxylic acids is 3. The van der Waals surface area contributed by atoms with Crippen molar-refractivity contribution in [2.24, 2.45) is 0 Å². The fourth-order valence-corrected chi connectivity index (χ4v) is 3.45. The Morgan fingerprint density at radius 3 is 2.38 bits per heavy atom. The number of methoxy groups -OCH3 is 1. The van der Waals surface area contributed by atoms with E-state index in [9.17, 15) is 18.8 Å². The first-order chi connectivity index (χ1) is 13.8. The lowest BCUT2D eigenvalue weighted by Crippen LogP contribution is -2.53. The van der Waals surface area contributed by atoms with Gasteiger partial charge >= 0.3 is 5.97 Å². The second-order valence-corrected chi connectivity index (χ2v) is 7.63. The molecule has 0 bridgehead atoms. The topological polar surface area (TPSA) is 84.5 Å². The van der Waals surface area contributed by atoms with Crippen molar-refractivity contribution in [3.63, 3.8) is 0 Å². The molecule has 6 nitrogen and oxygen atoms in total. The number of amides is 2. The van der Waals surface area contributed by atoms with Gasteiger partial charge in [-0.3, -0.25) is 9.59 Å². The lowest BCUT2D eigenvalue weighted by atomic mass is 10.0. The normalized spacial score (nSPS) is 12.6. The average molecular weight is 512 g/mol. The molecule has 8 heteroatoms. The van der Waals surface area contributed by atoms with Crippen LogP contribution in [0, 0.1) is 9.39 Å². The number of esters is 1. The molecule has 0 spiro atoms. The third-order valence-electron chi connectivity index (χ3n) is 4.21. The average Bonchev–Trinajstić information content (AvgIpc) is 2.67. The summed E-state index contributed by atoms with van der Waals surface area (Å²) in [6.45, 7) is 1.29. The highest BCUT2D eigenvalue weighted by atomic mass is 127. The van der Waals surface area contributed by atoms with E-state index in [2.05, 4.69) is 33.2 Å². The zero-order valence-corrected chi connectivity index (χ0v) is 18.2. The van der Waals surface area contributed by atoms with E-state index in [4.69, 9.17) is 4.74 Å². The monoisotopic (exact) mass is 512 g/mol. The minimum Gasteiger partial charge on any atom is -0.467 e. The predicted molar refractivity (Wildman–Crippen MR) is 115 cm³/mol. The highest BCUT2D eigenvalue weighted by Gasteiger charge is 2.27. The van der Waals surface area contributed by atoms with Crippen molar-refractivity contribution in [3.8, 4) is 0 Å². The van der Waals surface area contributed by atoms with Crippen LogP contribution in [0.5, 0.6) is 0 Å². The quantitative estimate of drug-likeness (QED) is 0.421. The molecule has 2 aromatic rings. The highest BCUT2D eigenvalue weighted by molar-refractivity contribution is 14.1. The number of rotatable bonds is 8. The fourth-order valence-electron chi connectivity index (χ4n) is 2.85. The number of nitrogens with one attached hydrogen (secondary N) is 2. The van der Waals surface area contributed by atoms with Gasteiger partial charge in [-0.05, 0) is 51.9 Å². The van der Waals surface area contributed by atoms with Gasteiger partial charge in [-0.2, -0.15) is 0 Å². The third kappa shape index (κ3) is 7.12. The molecule has 0 unspecified atom stereocenters. The van der Waals surface area contributed by atoms with Crippen LogP contribution in [0.25, 0.3) is 0 Å². The van der Waals surface area contributed by atoms with Gasteiger partial charge in [-0.15, -0.1) is 0 Å². The second kappa shape index (κ2) is 10.9. The molecule has 2 N–H and O–H groups in total. The second-order valence-electron chi connectivity index (χ2n) is 6.47. The molecule has 0 heterocycles. The summed E-state index contributed by atoms with van der Waals surface area (Å²) in [5.74, 6) is -1.99. The molecule has 0 fully saturated rings. The van der Waals surface area contributed by atoms with Crippen LogP contribution in [0.3, 0.4) is 0 Å². The van der Waals surface area contributed by atoms with Gasteiger partial charge in [0.05, 0.1) is 7.11 Å². The Bertz CT molecular complexity index is 890. The molecular formula is C21H22FIN2O4. The van der Waals surface area contributed by atoms with Crippen molar-refractivity contribution in [1.29, 1.82) is 0 Å². The van der Waals surface area contributed by atoms with Crippen LogP contribution in [0.4, 0.5) is 4.39 Å². The van der Waals surface area contributed by atoms with Crippen LogP contribution < -0.4 is 10.6 Å². The minimum atomic E-state index is -0.962. The van der Waals surface area contributed by atoms with Crippen molar-refractivity contribution < 1.29 is 23.5 Å². The smallest absolute Gasteiger partial charge is 0.328 e. The van der Waals surface area contributed by atoms with Crippen LogP contribution in [-0.4, -0.2) is 37.0 Å². The summed E-state index contributed by atoms with van der Waals surface area (Å²) in [5, 5.41) is 5.22. The van der Waals surface area contributed by atoms with E-state index in [1.165, 1.54) is 32.2 Å². The summed E-state index contributed by atoms with van der Waals surface area (Å²) in [4.78, 5) is 36.6. The van der Waals surface area contributed by atoms with E-state index in [1.807, 2.05) is 24.3 Å². The molecule has 29 heavy (non-hydrogen) atoms. The third-order valence-corrected chi connectivity index (χ3v) is 5.26. The minimum absolute atomic E-state index is 0.0833. The van der Waals surface area contributed by atoms with Crippen molar-refractivity contribution in [2.75, 3.05) is 7.11 Å². The molecule has 0 saturated heterocycles. The molecule has 0 aromatic heterocycles. The Morgan fingerprint density at radius 2 is 1.76 bits per heavy atom. The van der Waals surface area contributed by atoms with E-state index in [-0.39, 0.29) is 12.8 Å². The van der Waals surface area contributed by atoms with Gasteiger partial charge in [0.1, 0.15) is 17.9 Å². The van der Waals surface area contributed by atoms with Crippen molar-refractivity contribution >= 4 is 40.4 Å². The summed E-state index contributed by atoms with van der Waals surface area (Å²) in [6, 6.07) is 11.4. The number of carbonyl (C=O) groups is 3. The standard InChI is InChI=1S/C21H22FIN2O4/c1-13(26)24-18(11-14-6-5-8-16(22)10-14)20(27)25-19(21(28)29-2)12-15-7-3-4-9-17(15)23/h3-10,18-19H,11-12H2,1-2H3,(H,24,26)(H,25,27)/t18-,19-/m0/s1. The number of hydrogen-bond donors (Lipinski definition) is 2. The lowest BCUT2D eigenvalue weighted by molar-refractivity contribution is -0.145. The molecule has 154 valence electrons. The molecule has 2 aromatic carbocycles. The molecule has 2 amide bonds. The molecule has 0 aliphatic rings. The van der Waals surface area contributed by atoms with Crippen LogP contribution in [0.1, 0.15) is 18.1 Å². The Morgan fingerprint density at radius 1 is 1.03 bits per heavy atom. The van der Waals surface area contributed by atoms with E-state index in [0.717, 1.165) is 9.13 Å². The van der Waals surface area contributed by atoms with Gasteiger partial charge in [0.2, 0.25) is 11.8 Å². The maximum atomic E-state index is 13.5.